The fourth-order valence-corrected chi connectivity index (χ4v) is 1.74. The number of phenolic OH excluding ortho intramolecular Hbond substituents is 1. The zero-order valence-electron chi connectivity index (χ0n) is 10.7. The van der Waals surface area contributed by atoms with Gasteiger partial charge in [0, 0.05) is 12.1 Å². The van der Waals surface area contributed by atoms with E-state index in [0.717, 1.165) is 0 Å². The van der Waals surface area contributed by atoms with E-state index in [1.165, 1.54) is 18.2 Å². The summed E-state index contributed by atoms with van der Waals surface area (Å²) in [6.45, 7) is 3.61. The topological polar surface area (TPSA) is 86.6 Å². The standard InChI is InChI=1S/C13H16ClNO4/c1-7(2)9(13(18)19)6-15-12(17)8-3-4-11(16)10(14)5-8/h3-5,7,9,16H,6H2,1-2H3,(H,15,17)(H,18,19). The molecule has 19 heavy (non-hydrogen) atoms. The largest absolute Gasteiger partial charge is 0.506 e. The summed E-state index contributed by atoms with van der Waals surface area (Å²) in [5, 5.41) is 20.9. The Morgan fingerprint density at radius 2 is 2.00 bits per heavy atom. The quantitative estimate of drug-likeness (QED) is 0.773. The maximum atomic E-state index is 11.8. The molecule has 0 radical (unpaired) electrons. The molecule has 1 rings (SSSR count). The molecule has 1 aromatic rings. The summed E-state index contributed by atoms with van der Waals surface area (Å²) in [7, 11) is 0. The van der Waals surface area contributed by atoms with Gasteiger partial charge in [-0.05, 0) is 24.1 Å². The molecule has 3 N–H and O–H groups in total. The summed E-state index contributed by atoms with van der Waals surface area (Å²) >= 11 is 5.70. The Kier molecular flexibility index (Phi) is 5.18. The summed E-state index contributed by atoms with van der Waals surface area (Å²) in [4.78, 5) is 22.8. The van der Waals surface area contributed by atoms with Crippen LogP contribution < -0.4 is 5.32 Å². The van der Waals surface area contributed by atoms with Gasteiger partial charge in [-0.25, -0.2) is 0 Å². The number of carboxylic acid groups (broad SMARTS) is 1. The van der Waals surface area contributed by atoms with Crippen molar-refractivity contribution in [3.63, 3.8) is 0 Å². The molecule has 0 fully saturated rings. The average molecular weight is 286 g/mol. The van der Waals surface area contributed by atoms with Crippen molar-refractivity contribution >= 4 is 23.5 Å². The normalized spacial score (nSPS) is 12.2. The van der Waals surface area contributed by atoms with Crippen LogP contribution in [0.1, 0.15) is 24.2 Å². The van der Waals surface area contributed by atoms with Gasteiger partial charge in [0.1, 0.15) is 5.75 Å². The van der Waals surface area contributed by atoms with Crippen LogP contribution >= 0.6 is 11.6 Å². The highest BCUT2D eigenvalue weighted by atomic mass is 35.5. The number of aromatic hydroxyl groups is 1. The molecule has 0 aliphatic heterocycles. The van der Waals surface area contributed by atoms with E-state index in [1.54, 1.807) is 13.8 Å². The summed E-state index contributed by atoms with van der Waals surface area (Å²) in [6.07, 6.45) is 0. The molecule has 1 amide bonds. The van der Waals surface area contributed by atoms with Gasteiger partial charge < -0.3 is 15.5 Å². The molecule has 0 aromatic heterocycles. The van der Waals surface area contributed by atoms with Crippen LogP contribution in [0.25, 0.3) is 0 Å². The first-order chi connectivity index (χ1) is 8.82. The molecule has 0 saturated heterocycles. The van der Waals surface area contributed by atoms with E-state index in [9.17, 15) is 14.7 Å². The second-order valence-corrected chi connectivity index (χ2v) is 4.97. The lowest BCUT2D eigenvalue weighted by Crippen LogP contribution is -2.35. The van der Waals surface area contributed by atoms with Crippen molar-refractivity contribution in [2.45, 2.75) is 13.8 Å². The second kappa shape index (κ2) is 6.43. The SMILES string of the molecule is CC(C)C(CNC(=O)c1ccc(O)c(Cl)c1)C(=O)O. The molecule has 5 nitrogen and oxygen atoms in total. The molecular weight excluding hydrogens is 270 g/mol. The lowest BCUT2D eigenvalue weighted by molar-refractivity contribution is -0.142. The number of nitrogens with one attached hydrogen (secondary N) is 1. The van der Waals surface area contributed by atoms with E-state index in [0.29, 0.717) is 0 Å². The highest BCUT2D eigenvalue weighted by molar-refractivity contribution is 6.32. The minimum absolute atomic E-state index is 0.0460. The van der Waals surface area contributed by atoms with E-state index in [4.69, 9.17) is 16.7 Å². The number of hydrogen-bond donors (Lipinski definition) is 3. The minimum atomic E-state index is -0.945. The van der Waals surface area contributed by atoms with Gasteiger partial charge in [-0.1, -0.05) is 25.4 Å². The van der Waals surface area contributed by atoms with Crippen LogP contribution in [0, 0.1) is 11.8 Å². The van der Waals surface area contributed by atoms with Crippen LogP contribution in [-0.4, -0.2) is 28.6 Å². The van der Waals surface area contributed by atoms with Gasteiger partial charge in [0.05, 0.1) is 10.9 Å². The van der Waals surface area contributed by atoms with E-state index in [-0.39, 0.29) is 28.8 Å². The zero-order chi connectivity index (χ0) is 14.6. The maximum absolute atomic E-state index is 11.8. The number of carboxylic acids is 1. The molecule has 0 aliphatic rings. The van der Waals surface area contributed by atoms with Gasteiger partial charge in [0.2, 0.25) is 0 Å². The Bertz CT molecular complexity index is 488. The first-order valence-corrected chi connectivity index (χ1v) is 6.20. The first kappa shape index (κ1) is 15.3. The number of hydrogen-bond acceptors (Lipinski definition) is 3. The van der Waals surface area contributed by atoms with Crippen LogP contribution in [0.3, 0.4) is 0 Å². The number of carbonyl (C=O) groups excluding carboxylic acids is 1. The van der Waals surface area contributed by atoms with Crippen molar-refractivity contribution in [1.29, 1.82) is 0 Å². The predicted molar refractivity (Wildman–Crippen MR) is 71.4 cm³/mol. The van der Waals surface area contributed by atoms with Crippen molar-refractivity contribution < 1.29 is 19.8 Å². The van der Waals surface area contributed by atoms with E-state index in [2.05, 4.69) is 5.32 Å². The fourth-order valence-electron chi connectivity index (χ4n) is 1.56. The van der Waals surface area contributed by atoms with Crippen molar-refractivity contribution in [3.8, 4) is 5.75 Å². The third-order valence-corrected chi connectivity index (χ3v) is 3.12. The van der Waals surface area contributed by atoms with Crippen molar-refractivity contribution in [3.05, 3.63) is 28.8 Å². The van der Waals surface area contributed by atoms with E-state index in [1.807, 2.05) is 0 Å². The number of rotatable bonds is 5. The average Bonchev–Trinajstić information content (AvgIpc) is 2.31. The van der Waals surface area contributed by atoms with E-state index < -0.39 is 17.8 Å². The zero-order valence-corrected chi connectivity index (χ0v) is 11.4. The lowest BCUT2D eigenvalue weighted by atomic mass is 9.96. The molecule has 0 bridgehead atoms. The number of aliphatic carboxylic acids is 1. The Morgan fingerprint density at radius 1 is 1.37 bits per heavy atom. The van der Waals surface area contributed by atoms with Crippen molar-refractivity contribution in [1.82, 2.24) is 5.32 Å². The molecule has 0 spiro atoms. The number of carbonyl (C=O) groups is 2. The summed E-state index contributed by atoms with van der Waals surface area (Å²) in [5.41, 5.74) is 0.274. The van der Waals surface area contributed by atoms with Crippen LogP contribution in [0.5, 0.6) is 5.75 Å². The molecule has 0 saturated carbocycles. The van der Waals surface area contributed by atoms with Gasteiger partial charge >= 0.3 is 5.97 Å². The predicted octanol–water partition coefficient (Wildman–Crippen LogP) is 2.13. The Hall–Kier alpha value is -1.75. The number of halogens is 1. The van der Waals surface area contributed by atoms with Crippen molar-refractivity contribution in [2.75, 3.05) is 6.54 Å². The van der Waals surface area contributed by atoms with Crippen LogP contribution in [0.4, 0.5) is 0 Å². The first-order valence-electron chi connectivity index (χ1n) is 5.82. The third-order valence-electron chi connectivity index (χ3n) is 2.81. The summed E-state index contributed by atoms with van der Waals surface area (Å²) in [5.74, 6) is -2.20. The highest BCUT2D eigenvalue weighted by Gasteiger charge is 2.22. The van der Waals surface area contributed by atoms with Gasteiger partial charge in [-0.3, -0.25) is 9.59 Å². The minimum Gasteiger partial charge on any atom is -0.506 e. The van der Waals surface area contributed by atoms with Crippen LogP contribution in [-0.2, 0) is 4.79 Å². The molecule has 6 heteroatoms. The molecule has 0 aliphatic carbocycles. The Morgan fingerprint density at radius 3 is 2.47 bits per heavy atom. The number of amides is 1. The summed E-state index contributed by atoms with van der Waals surface area (Å²) < 4.78 is 0. The third kappa shape index (κ3) is 4.13. The Labute approximate surface area is 116 Å². The van der Waals surface area contributed by atoms with Crippen molar-refractivity contribution in [2.24, 2.45) is 11.8 Å². The van der Waals surface area contributed by atoms with Crippen LogP contribution in [0.2, 0.25) is 5.02 Å². The smallest absolute Gasteiger partial charge is 0.308 e. The molecule has 1 atom stereocenters. The number of phenols is 1. The van der Waals surface area contributed by atoms with E-state index >= 15 is 0 Å². The lowest BCUT2D eigenvalue weighted by Gasteiger charge is -2.16. The molecular formula is C13H16ClNO4. The monoisotopic (exact) mass is 285 g/mol. The fraction of sp³-hybridized carbons (Fsp3) is 0.385. The molecule has 0 heterocycles. The van der Waals surface area contributed by atoms with Crippen LogP contribution in [0.15, 0.2) is 18.2 Å². The number of benzene rings is 1. The molecule has 1 unspecified atom stereocenters. The van der Waals surface area contributed by atoms with Gasteiger partial charge in [0.25, 0.3) is 5.91 Å². The highest BCUT2D eigenvalue weighted by Crippen LogP contribution is 2.23. The van der Waals surface area contributed by atoms with Gasteiger partial charge in [-0.15, -0.1) is 0 Å². The second-order valence-electron chi connectivity index (χ2n) is 4.56. The van der Waals surface area contributed by atoms with Gasteiger partial charge in [0.15, 0.2) is 0 Å². The Balaban J connectivity index is 2.69. The molecule has 104 valence electrons. The molecule has 1 aromatic carbocycles. The van der Waals surface area contributed by atoms with Gasteiger partial charge in [-0.2, -0.15) is 0 Å². The maximum Gasteiger partial charge on any atom is 0.308 e. The summed E-state index contributed by atoms with van der Waals surface area (Å²) in [6, 6.07) is 4.06.